The maximum absolute atomic E-state index is 12.8. The minimum atomic E-state index is -0.00214. The van der Waals surface area contributed by atoms with Crippen molar-refractivity contribution in [3.05, 3.63) is 11.1 Å². The van der Waals surface area contributed by atoms with Gasteiger partial charge < -0.3 is 15.5 Å². The second-order valence-electron chi connectivity index (χ2n) is 7.69. The average Bonchev–Trinajstić information content (AvgIpc) is 2.78. The van der Waals surface area contributed by atoms with E-state index in [1.807, 2.05) is 10.3 Å². The molecule has 1 aromatic heterocycles. The highest BCUT2D eigenvalue weighted by Crippen LogP contribution is 2.34. The number of anilines is 1. The molecule has 3 saturated heterocycles. The zero-order valence-corrected chi connectivity index (χ0v) is 15.3. The Morgan fingerprint density at radius 1 is 1.28 bits per heavy atom. The largest absolute Gasteiger partial charge is 0.375 e. The smallest absolute Gasteiger partial charge is 0.227 e. The number of nitrogens with two attached hydrogens (primary N) is 1. The lowest BCUT2D eigenvalue weighted by atomic mass is 9.83. The Morgan fingerprint density at radius 3 is 2.80 bits per heavy atom. The van der Waals surface area contributed by atoms with Crippen LogP contribution in [-0.2, 0) is 16.0 Å². The molecule has 6 nitrogen and oxygen atoms in total. The molecule has 2 bridgehead atoms. The lowest BCUT2D eigenvalue weighted by Crippen LogP contribution is -2.50. The lowest BCUT2D eigenvalue weighted by Gasteiger charge is -2.40. The quantitative estimate of drug-likeness (QED) is 0.868. The number of hydrogen-bond donors (Lipinski definition) is 1. The minimum Gasteiger partial charge on any atom is -0.375 e. The summed E-state index contributed by atoms with van der Waals surface area (Å²) < 4.78 is 0. The summed E-state index contributed by atoms with van der Waals surface area (Å²) in [7, 11) is 0. The van der Waals surface area contributed by atoms with Crippen molar-refractivity contribution in [2.75, 3.05) is 25.4 Å². The molecule has 4 heterocycles. The Bertz CT molecular complexity index is 657. The maximum atomic E-state index is 12.8. The maximum Gasteiger partial charge on any atom is 0.227 e. The van der Waals surface area contributed by atoms with Crippen LogP contribution in [0.3, 0.4) is 0 Å². The van der Waals surface area contributed by atoms with Gasteiger partial charge in [-0.15, -0.1) is 11.3 Å². The number of piperidine rings is 1. The van der Waals surface area contributed by atoms with Crippen LogP contribution in [0.2, 0.25) is 0 Å². The Morgan fingerprint density at radius 2 is 2.12 bits per heavy atom. The van der Waals surface area contributed by atoms with E-state index in [1.165, 1.54) is 30.6 Å². The van der Waals surface area contributed by atoms with Crippen molar-refractivity contribution in [1.29, 1.82) is 0 Å². The van der Waals surface area contributed by atoms with Gasteiger partial charge in [-0.2, -0.15) is 0 Å². The highest BCUT2D eigenvalue weighted by molar-refractivity contribution is 7.13. The van der Waals surface area contributed by atoms with Crippen LogP contribution in [0.5, 0.6) is 0 Å². The fourth-order valence-corrected chi connectivity index (χ4v) is 4.87. The number of carbonyl (C=O) groups is 2. The number of hydrogen-bond acceptors (Lipinski definition) is 5. The molecule has 1 aromatic rings. The number of carbonyl (C=O) groups excluding carboxylic acids is 2. The molecule has 4 aliphatic rings. The number of thiazole rings is 1. The number of aromatic nitrogens is 1. The third kappa shape index (κ3) is 3.52. The number of amides is 2. The van der Waals surface area contributed by atoms with Gasteiger partial charge in [0.2, 0.25) is 11.8 Å². The molecular formula is C18H26N4O2S. The van der Waals surface area contributed by atoms with E-state index in [4.69, 9.17) is 5.73 Å². The Balaban J connectivity index is 1.38. The van der Waals surface area contributed by atoms with Gasteiger partial charge in [0.05, 0.1) is 11.6 Å². The second-order valence-corrected chi connectivity index (χ2v) is 8.58. The molecule has 0 aromatic carbocycles. The van der Waals surface area contributed by atoms with Gasteiger partial charge in [0.15, 0.2) is 5.13 Å². The van der Waals surface area contributed by atoms with Crippen molar-refractivity contribution in [1.82, 2.24) is 14.8 Å². The fourth-order valence-electron chi connectivity index (χ4n) is 4.27. The van der Waals surface area contributed by atoms with E-state index in [2.05, 4.69) is 9.88 Å². The lowest BCUT2D eigenvalue weighted by molar-refractivity contribution is -0.141. The molecule has 0 unspecified atom stereocenters. The van der Waals surface area contributed by atoms with Crippen molar-refractivity contribution in [3.8, 4) is 0 Å². The van der Waals surface area contributed by atoms with Crippen molar-refractivity contribution < 1.29 is 9.59 Å². The molecule has 1 aliphatic carbocycles. The third-order valence-corrected chi connectivity index (χ3v) is 6.71. The topological polar surface area (TPSA) is 79.5 Å². The van der Waals surface area contributed by atoms with Crippen molar-refractivity contribution >= 4 is 28.3 Å². The Kier molecular flexibility index (Phi) is 4.67. The molecule has 0 radical (unpaired) electrons. The number of aryl methyl sites for hydroxylation is 1. The first kappa shape index (κ1) is 16.8. The Hall–Kier alpha value is -1.63. The monoisotopic (exact) mass is 362 g/mol. The summed E-state index contributed by atoms with van der Waals surface area (Å²) in [4.78, 5) is 33.7. The van der Waals surface area contributed by atoms with E-state index in [0.717, 1.165) is 25.1 Å². The predicted molar refractivity (Wildman–Crippen MR) is 97.0 cm³/mol. The van der Waals surface area contributed by atoms with Gasteiger partial charge in [0, 0.05) is 37.5 Å². The van der Waals surface area contributed by atoms with Crippen LogP contribution >= 0.6 is 11.3 Å². The van der Waals surface area contributed by atoms with Gasteiger partial charge in [0.1, 0.15) is 0 Å². The standard InChI is InChI=1S/C18H26N4O2S/c19-18-20-14(11-25-18)5-7-16(23)21-9-13-4-6-15(10-21)22(17(13)24)8-12-2-1-3-12/h11-13,15H,1-10H2,(H2,19,20)/t13-,15+/m1/s1. The summed E-state index contributed by atoms with van der Waals surface area (Å²) in [6, 6.07) is 0.214. The van der Waals surface area contributed by atoms with E-state index < -0.39 is 0 Å². The highest BCUT2D eigenvalue weighted by Gasteiger charge is 2.42. The molecular weight excluding hydrogens is 336 g/mol. The zero-order valence-electron chi connectivity index (χ0n) is 14.5. The van der Waals surface area contributed by atoms with Crippen LogP contribution in [-0.4, -0.2) is 52.3 Å². The van der Waals surface area contributed by atoms with Gasteiger partial charge in [0.25, 0.3) is 0 Å². The molecule has 7 heteroatoms. The number of rotatable bonds is 5. The van der Waals surface area contributed by atoms with Gasteiger partial charge >= 0.3 is 0 Å². The molecule has 5 rings (SSSR count). The summed E-state index contributed by atoms with van der Waals surface area (Å²) in [5, 5.41) is 2.46. The van der Waals surface area contributed by atoms with Gasteiger partial charge in [-0.3, -0.25) is 9.59 Å². The molecule has 0 spiro atoms. The van der Waals surface area contributed by atoms with Crippen LogP contribution in [0.15, 0.2) is 5.38 Å². The van der Waals surface area contributed by atoms with Crippen LogP contribution < -0.4 is 5.73 Å². The van der Waals surface area contributed by atoms with Crippen molar-refractivity contribution in [2.45, 2.75) is 51.0 Å². The first-order valence-corrected chi connectivity index (χ1v) is 10.3. The second kappa shape index (κ2) is 6.94. The van der Waals surface area contributed by atoms with Crippen LogP contribution in [0.4, 0.5) is 5.13 Å². The van der Waals surface area contributed by atoms with E-state index in [-0.39, 0.29) is 23.8 Å². The fraction of sp³-hybridized carbons (Fsp3) is 0.722. The Labute approximate surface area is 152 Å². The number of nitrogens with zero attached hydrogens (tertiary/aromatic N) is 3. The van der Waals surface area contributed by atoms with Crippen LogP contribution in [0.25, 0.3) is 0 Å². The number of fused-ring (bicyclic) bond motifs is 4. The van der Waals surface area contributed by atoms with E-state index in [9.17, 15) is 9.59 Å². The normalized spacial score (nSPS) is 26.6. The first-order chi connectivity index (χ1) is 12.1. The average molecular weight is 362 g/mol. The first-order valence-electron chi connectivity index (χ1n) is 9.38. The van der Waals surface area contributed by atoms with E-state index in [0.29, 0.717) is 37.0 Å². The molecule has 2 N–H and O–H groups in total. The summed E-state index contributed by atoms with van der Waals surface area (Å²) in [6.07, 6.45) is 6.83. The zero-order chi connectivity index (χ0) is 17.4. The van der Waals surface area contributed by atoms with E-state index in [1.54, 1.807) is 0 Å². The molecule has 3 aliphatic heterocycles. The van der Waals surface area contributed by atoms with E-state index >= 15 is 0 Å². The molecule has 1 saturated carbocycles. The summed E-state index contributed by atoms with van der Waals surface area (Å²) in [5.74, 6) is 1.10. The molecule has 2 amide bonds. The summed E-state index contributed by atoms with van der Waals surface area (Å²) in [5.41, 5.74) is 6.53. The third-order valence-electron chi connectivity index (χ3n) is 5.99. The van der Waals surface area contributed by atoms with Crippen LogP contribution in [0.1, 0.15) is 44.2 Å². The molecule has 4 fully saturated rings. The molecule has 25 heavy (non-hydrogen) atoms. The minimum absolute atomic E-state index is 0.00214. The van der Waals surface area contributed by atoms with Crippen molar-refractivity contribution in [2.24, 2.45) is 11.8 Å². The summed E-state index contributed by atoms with van der Waals surface area (Å²) in [6.45, 7) is 2.20. The predicted octanol–water partition coefficient (Wildman–Crippen LogP) is 1.91. The SMILES string of the molecule is Nc1nc(CCC(=O)N2C[C@H]3CC[C@@H](C2)N(CC2CCC2)C3=O)cs1. The van der Waals surface area contributed by atoms with Crippen LogP contribution in [0, 0.1) is 11.8 Å². The van der Waals surface area contributed by atoms with Gasteiger partial charge in [-0.1, -0.05) is 6.42 Å². The molecule has 136 valence electrons. The number of nitrogen functional groups attached to an aromatic ring is 1. The molecule has 2 atom stereocenters. The van der Waals surface area contributed by atoms with Crippen molar-refractivity contribution in [3.63, 3.8) is 0 Å². The van der Waals surface area contributed by atoms with Gasteiger partial charge in [-0.05, 0) is 38.0 Å². The van der Waals surface area contributed by atoms with Gasteiger partial charge in [-0.25, -0.2) is 4.98 Å². The summed E-state index contributed by atoms with van der Waals surface area (Å²) >= 11 is 1.41. The highest BCUT2D eigenvalue weighted by atomic mass is 32.1.